The van der Waals surface area contributed by atoms with Crippen LogP contribution >= 0.6 is 0 Å². The molecule has 1 aromatic rings. The van der Waals surface area contributed by atoms with Crippen molar-refractivity contribution in [1.82, 2.24) is 15.1 Å². The zero-order valence-corrected chi connectivity index (χ0v) is 21.4. The maximum absolute atomic E-state index is 13.5. The van der Waals surface area contributed by atoms with Gasteiger partial charge in [0.25, 0.3) is 0 Å². The van der Waals surface area contributed by atoms with Crippen molar-refractivity contribution in [2.24, 2.45) is 11.8 Å². The molecule has 0 spiro atoms. The number of amides is 4. The predicted molar refractivity (Wildman–Crippen MR) is 138 cm³/mol. The lowest BCUT2D eigenvalue weighted by molar-refractivity contribution is -0.144. The summed E-state index contributed by atoms with van der Waals surface area (Å²) in [4.78, 5) is 55.5. The highest BCUT2D eigenvalue weighted by atomic mass is 16.2. The third-order valence-electron chi connectivity index (χ3n) is 7.97. The van der Waals surface area contributed by atoms with Crippen molar-refractivity contribution in [3.05, 3.63) is 48.0 Å². The Labute approximate surface area is 214 Å². The van der Waals surface area contributed by atoms with Crippen molar-refractivity contribution >= 4 is 23.6 Å². The van der Waals surface area contributed by atoms with Crippen LogP contribution in [0.2, 0.25) is 0 Å². The second-order valence-corrected chi connectivity index (χ2v) is 10.3. The van der Waals surface area contributed by atoms with Gasteiger partial charge in [0.1, 0.15) is 6.04 Å². The molecule has 1 saturated heterocycles. The number of carbonyl (C=O) groups is 4. The van der Waals surface area contributed by atoms with Gasteiger partial charge in [0, 0.05) is 25.6 Å². The number of carbonyl (C=O) groups excluding carboxylic acids is 4. The Morgan fingerprint density at radius 3 is 2.25 bits per heavy atom. The molecule has 7 nitrogen and oxygen atoms in total. The molecule has 7 heteroatoms. The van der Waals surface area contributed by atoms with Crippen molar-refractivity contribution in [3.63, 3.8) is 0 Å². The molecule has 4 rings (SSSR count). The van der Waals surface area contributed by atoms with Crippen LogP contribution in [0.15, 0.2) is 42.5 Å². The van der Waals surface area contributed by atoms with Crippen LogP contribution in [0, 0.1) is 11.8 Å². The number of fused-ring (bicyclic) bond motifs is 1. The summed E-state index contributed by atoms with van der Waals surface area (Å²) in [6, 6.07) is 9.52. The summed E-state index contributed by atoms with van der Waals surface area (Å²) >= 11 is 0. The number of nitrogens with one attached hydrogen (secondary N) is 1. The molecule has 2 aliphatic carbocycles. The SMILES string of the molecule is CCC(C(=O)NC1CCCCC1)N(CCc1ccccc1)C(=O)CCN1C(=O)[C@H]2CC=CC[C@H]2C1=O. The minimum absolute atomic E-state index is 0.0341. The number of rotatable bonds is 10. The summed E-state index contributed by atoms with van der Waals surface area (Å²) in [5.41, 5.74) is 1.10. The summed E-state index contributed by atoms with van der Waals surface area (Å²) in [7, 11) is 0. The zero-order valence-electron chi connectivity index (χ0n) is 21.4. The van der Waals surface area contributed by atoms with Crippen LogP contribution in [0.3, 0.4) is 0 Å². The molecule has 3 atom stereocenters. The average Bonchev–Trinajstić information content (AvgIpc) is 3.15. The molecule has 3 aliphatic rings. The Bertz CT molecular complexity index is 944. The second-order valence-electron chi connectivity index (χ2n) is 10.3. The monoisotopic (exact) mass is 493 g/mol. The van der Waals surface area contributed by atoms with Crippen LogP contribution in [0.25, 0.3) is 0 Å². The maximum Gasteiger partial charge on any atom is 0.243 e. The largest absolute Gasteiger partial charge is 0.352 e. The molecule has 194 valence electrons. The third-order valence-corrected chi connectivity index (χ3v) is 7.97. The standard InChI is InChI=1S/C29H39N3O4/c1-2-25(27(34)30-22-13-7-4-8-14-22)31(19-17-21-11-5-3-6-12-21)26(33)18-20-32-28(35)23-15-9-10-16-24(23)29(32)36/h3,5-6,9-12,22-25H,2,4,7-8,13-20H2,1H3,(H,30,34)/t23-,24+,25?. The third kappa shape index (κ3) is 6.05. The second kappa shape index (κ2) is 12.3. The number of allylic oxidation sites excluding steroid dienone is 2. The van der Waals surface area contributed by atoms with Crippen LogP contribution in [0.1, 0.15) is 70.3 Å². The quantitative estimate of drug-likeness (QED) is 0.398. The van der Waals surface area contributed by atoms with Gasteiger partial charge >= 0.3 is 0 Å². The molecule has 0 radical (unpaired) electrons. The van der Waals surface area contributed by atoms with Crippen molar-refractivity contribution in [2.45, 2.75) is 83.2 Å². The van der Waals surface area contributed by atoms with Gasteiger partial charge < -0.3 is 10.2 Å². The smallest absolute Gasteiger partial charge is 0.243 e. The van der Waals surface area contributed by atoms with Gasteiger partial charge in [-0.05, 0) is 44.1 Å². The van der Waals surface area contributed by atoms with Crippen molar-refractivity contribution in [3.8, 4) is 0 Å². The Balaban J connectivity index is 1.43. The van der Waals surface area contributed by atoms with E-state index in [1.165, 1.54) is 11.3 Å². The number of hydrogen-bond acceptors (Lipinski definition) is 4. The summed E-state index contributed by atoms with van der Waals surface area (Å²) in [6.07, 6.45) is 11.7. The number of benzene rings is 1. The fraction of sp³-hybridized carbons (Fsp3) is 0.586. The number of hydrogen-bond donors (Lipinski definition) is 1. The van der Waals surface area contributed by atoms with E-state index in [1.807, 2.05) is 49.4 Å². The van der Waals surface area contributed by atoms with Crippen LogP contribution in [-0.4, -0.2) is 58.6 Å². The first kappa shape index (κ1) is 26.1. The number of likely N-dealkylation sites (tertiary alicyclic amines) is 1. The molecule has 2 fully saturated rings. The first-order valence-electron chi connectivity index (χ1n) is 13.6. The fourth-order valence-electron chi connectivity index (χ4n) is 5.88. The van der Waals surface area contributed by atoms with Crippen molar-refractivity contribution in [2.75, 3.05) is 13.1 Å². The molecule has 4 amide bonds. The van der Waals surface area contributed by atoms with E-state index in [2.05, 4.69) is 5.32 Å². The van der Waals surface area contributed by atoms with E-state index < -0.39 is 6.04 Å². The Morgan fingerprint density at radius 2 is 1.64 bits per heavy atom. The van der Waals surface area contributed by atoms with Gasteiger partial charge in [-0.1, -0.05) is 68.7 Å². The molecule has 36 heavy (non-hydrogen) atoms. The molecule has 1 aliphatic heterocycles. The van der Waals surface area contributed by atoms with E-state index >= 15 is 0 Å². The van der Waals surface area contributed by atoms with Gasteiger partial charge in [0.05, 0.1) is 11.8 Å². The highest BCUT2D eigenvalue weighted by Gasteiger charge is 2.47. The van der Waals surface area contributed by atoms with Gasteiger partial charge in [-0.3, -0.25) is 24.1 Å². The highest BCUT2D eigenvalue weighted by Crippen LogP contribution is 2.35. The van der Waals surface area contributed by atoms with E-state index in [4.69, 9.17) is 0 Å². The maximum atomic E-state index is 13.5. The molecule has 0 aromatic heterocycles. The van der Waals surface area contributed by atoms with E-state index in [1.54, 1.807) is 4.90 Å². The van der Waals surface area contributed by atoms with Crippen LogP contribution in [0.5, 0.6) is 0 Å². The first-order valence-corrected chi connectivity index (χ1v) is 13.6. The Kier molecular flexibility index (Phi) is 8.94. The first-order chi connectivity index (χ1) is 17.5. The molecule has 1 N–H and O–H groups in total. The van der Waals surface area contributed by atoms with E-state index in [9.17, 15) is 19.2 Å². The predicted octanol–water partition coefficient (Wildman–Crippen LogP) is 3.63. The molecule has 1 aromatic carbocycles. The lowest BCUT2D eigenvalue weighted by atomic mass is 9.85. The topological polar surface area (TPSA) is 86.8 Å². The van der Waals surface area contributed by atoms with Crippen molar-refractivity contribution in [1.29, 1.82) is 0 Å². The summed E-state index contributed by atoms with van der Waals surface area (Å²) in [5, 5.41) is 3.19. The molecule has 1 heterocycles. The number of imide groups is 1. The van der Waals surface area contributed by atoms with Gasteiger partial charge in [0.2, 0.25) is 23.6 Å². The molecule has 0 bridgehead atoms. The van der Waals surface area contributed by atoms with Crippen LogP contribution in [0.4, 0.5) is 0 Å². The molecular weight excluding hydrogens is 454 g/mol. The van der Waals surface area contributed by atoms with Gasteiger partial charge in [-0.25, -0.2) is 0 Å². The summed E-state index contributed by atoms with van der Waals surface area (Å²) in [6.45, 7) is 2.42. The molecule has 1 saturated carbocycles. The van der Waals surface area contributed by atoms with E-state index in [-0.39, 0.29) is 54.5 Å². The van der Waals surface area contributed by atoms with E-state index in [0.29, 0.717) is 32.2 Å². The van der Waals surface area contributed by atoms with Gasteiger partial charge in [0.15, 0.2) is 0 Å². The average molecular weight is 494 g/mol. The minimum atomic E-state index is -0.570. The van der Waals surface area contributed by atoms with Gasteiger partial charge in [-0.15, -0.1) is 0 Å². The Hall–Kier alpha value is -2.96. The van der Waals surface area contributed by atoms with Crippen LogP contribution in [-0.2, 0) is 25.6 Å². The lowest BCUT2D eigenvalue weighted by Gasteiger charge is -2.33. The van der Waals surface area contributed by atoms with E-state index in [0.717, 1.165) is 31.2 Å². The van der Waals surface area contributed by atoms with Gasteiger partial charge in [-0.2, -0.15) is 0 Å². The Morgan fingerprint density at radius 1 is 1.00 bits per heavy atom. The normalized spacial score (nSPS) is 22.9. The van der Waals surface area contributed by atoms with Crippen LogP contribution < -0.4 is 5.32 Å². The lowest BCUT2D eigenvalue weighted by Crippen LogP contribution is -2.53. The highest BCUT2D eigenvalue weighted by molar-refractivity contribution is 6.05. The summed E-state index contributed by atoms with van der Waals surface area (Å²) in [5.74, 6) is -1.21. The molecule has 1 unspecified atom stereocenters. The van der Waals surface area contributed by atoms with Crippen molar-refractivity contribution < 1.29 is 19.2 Å². The number of nitrogens with zero attached hydrogens (tertiary/aromatic N) is 2. The fourth-order valence-corrected chi connectivity index (χ4v) is 5.88. The minimum Gasteiger partial charge on any atom is -0.352 e. The molecular formula is C29H39N3O4. The summed E-state index contributed by atoms with van der Waals surface area (Å²) < 4.78 is 0. The zero-order chi connectivity index (χ0) is 25.5.